The van der Waals surface area contributed by atoms with Crippen molar-refractivity contribution in [2.24, 2.45) is 5.92 Å². The number of amides is 1. The van der Waals surface area contributed by atoms with E-state index in [1.54, 1.807) is 23.1 Å². The maximum Gasteiger partial charge on any atom is 0.230 e. The number of thiazole rings is 1. The van der Waals surface area contributed by atoms with Gasteiger partial charge in [-0.15, -0.1) is 23.1 Å². The molecule has 0 aliphatic heterocycles. The molecule has 0 bridgehead atoms. The molecule has 2 aromatic rings. The van der Waals surface area contributed by atoms with Gasteiger partial charge < -0.3 is 5.32 Å². The number of para-hydroxylation sites is 1. The van der Waals surface area contributed by atoms with Crippen LogP contribution in [0.2, 0.25) is 0 Å². The summed E-state index contributed by atoms with van der Waals surface area (Å²) in [7, 11) is 0. The molecule has 0 radical (unpaired) electrons. The molecule has 0 spiro atoms. The second-order valence-corrected chi connectivity index (χ2v) is 8.10. The number of thioether (sulfide) groups is 1. The van der Waals surface area contributed by atoms with E-state index in [2.05, 4.69) is 23.3 Å². The summed E-state index contributed by atoms with van der Waals surface area (Å²) in [6.07, 6.45) is 4.92. The minimum Gasteiger partial charge on any atom is -0.352 e. The normalized spacial score (nSPS) is 21.9. The summed E-state index contributed by atoms with van der Waals surface area (Å²) in [5, 5.41) is 4.31. The predicted octanol–water partition coefficient (Wildman–Crippen LogP) is 4.22. The number of nitrogens with zero attached hydrogens (tertiary/aromatic N) is 1. The Morgan fingerprint density at radius 2 is 2.18 bits per heavy atom. The fourth-order valence-corrected chi connectivity index (χ4v) is 4.85. The highest BCUT2D eigenvalue weighted by atomic mass is 32.2. The van der Waals surface area contributed by atoms with Crippen LogP contribution in [0.4, 0.5) is 0 Å². The van der Waals surface area contributed by atoms with E-state index in [1.165, 1.54) is 24.0 Å². The first-order valence-corrected chi connectivity index (χ1v) is 9.91. The number of fused-ring (bicyclic) bond motifs is 1. The van der Waals surface area contributed by atoms with Crippen LogP contribution in [0.1, 0.15) is 37.6 Å². The molecular weight excluding hydrogens is 312 g/mol. The zero-order chi connectivity index (χ0) is 15.4. The van der Waals surface area contributed by atoms with Gasteiger partial charge in [-0.2, -0.15) is 0 Å². The number of aromatic nitrogens is 1. The lowest BCUT2D eigenvalue weighted by molar-refractivity contribution is -0.119. The van der Waals surface area contributed by atoms with Crippen molar-refractivity contribution in [2.45, 2.75) is 44.4 Å². The highest BCUT2D eigenvalue weighted by Gasteiger charge is 2.22. The lowest BCUT2D eigenvalue weighted by Gasteiger charge is -2.29. The largest absolute Gasteiger partial charge is 0.352 e. The zero-order valence-corrected chi connectivity index (χ0v) is 14.5. The second-order valence-electron chi connectivity index (χ2n) is 6.00. The van der Waals surface area contributed by atoms with E-state index in [4.69, 9.17) is 0 Å². The molecule has 1 fully saturated rings. The molecule has 118 valence electrons. The Balaban J connectivity index is 1.45. The number of nitrogens with one attached hydrogen (secondary N) is 1. The fourth-order valence-electron chi connectivity index (χ4n) is 2.99. The Bertz CT molecular complexity index is 607. The molecule has 1 aromatic heterocycles. The molecule has 1 aromatic carbocycles. The van der Waals surface area contributed by atoms with Gasteiger partial charge in [0.2, 0.25) is 5.91 Å². The number of hydrogen-bond acceptors (Lipinski definition) is 4. The van der Waals surface area contributed by atoms with Crippen LogP contribution in [-0.4, -0.2) is 22.7 Å². The third-order valence-corrected chi connectivity index (χ3v) is 6.42. The molecule has 1 aliphatic rings. The van der Waals surface area contributed by atoms with Crippen LogP contribution in [0.5, 0.6) is 0 Å². The monoisotopic (exact) mass is 334 g/mol. The molecule has 3 nitrogen and oxygen atoms in total. The Morgan fingerprint density at radius 3 is 3.00 bits per heavy atom. The van der Waals surface area contributed by atoms with Crippen LogP contribution < -0.4 is 5.32 Å². The van der Waals surface area contributed by atoms with Crippen LogP contribution in [0, 0.1) is 5.92 Å². The molecule has 1 N–H and O–H groups in total. The fraction of sp³-hybridized carbons (Fsp3) is 0.529. The van der Waals surface area contributed by atoms with Gasteiger partial charge in [-0.3, -0.25) is 4.79 Å². The van der Waals surface area contributed by atoms with Gasteiger partial charge in [0, 0.05) is 11.8 Å². The summed E-state index contributed by atoms with van der Waals surface area (Å²) < 4.78 is 1.22. The lowest BCUT2D eigenvalue weighted by atomic mass is 9.86. The number of hydrogen-bond donors (Lipinski definition) is 1. The Hall–Kier alpha value is -1.07. The standard InChI is InChI=1S/C17H22N2OS2/c1-12-6-2-3-7-13(12)18-16(20)10-21-11-17-19-14-8-4-5-9-15(14)22-17/h4-5,8-9,12-13H,2-3,6-7,10-11H2,1H3,(H,18,20)/t12-,13-/m1/s1. The molecule has 2 atom stereocenters. The van der Waals surface area contributed by atoms with Crippen molar-refractivity contribution in [3.63, 3.8) is 0 Å². The van der Waals surface area contributed by atoms with Crippen molar-refractivity contribution in [1.29, 1.82) is 0 Å². The molecule has 1 aliphatic carbocycles. The quantitative estimate of drug-likeness (QED) is 0.890. The van der Waals surface area contributed by atoms with E-state index in [1.807, 2.05) is 18.2 Å². The minimum absolute atomic E-state index is 0.171. The van der Waals surface area contributed by atoms with Gasteiger partial charge >= 0.3 is 0 Å². The SMILES string of the molecule is C[C@@H]1CCCC[C@H]1NC(=O)CSCc1nc2ccccc2s1. The van der Waals surface area contributed by atoms with Gasteiger partial charge in [0.25, 0.3) is 0 Å². The average Bonchev–Trinajstić information content (AvgIpc) is 2.92. The molecule has 3 rings (SSSR count). The summed E-state index contributed by atoms with van der Waals surface area (Å²) in [5.74, 6) is 2.13. The molecule has 1 saturated carbocycles. The van der Waals surface area contributed by atoms with E-state index in [-0.39, 0.29) is 5.91 Å². The Labute approximate surface area is 139 Å². The first-order valence-electron chi connectivity index (χ1n) is 7.94. The maximum atomic E-state index is 12.1. The lowest BCUT2D eigenvalue weighted by Crippen LogP contribution is -2.41. The van der Waals surface area contributed by atoms with Gasteiger partial charge in [-0.25, -0.2) is 4.98 Å². The van der Waals surface area contributed by atoms with Gasteiger partial charge in [0.15, 0.2) is 0 Å². The number of carbonyl (C=O) groups excluding carboxylic acids is 1. The van der Waals surface area contributed by atoms with Gasteiger partial charge in [-0.1, -0.05) is 31.9 Å². The maximum absolute atomic E-state index is 12.1. The van der Waals surface area contributed by atoms with Crippen LogP contribution in [0.3, 0.4) is 0 Å². The summed E-state index contributed by atoms with van der Waals surface area (Å²) in [6, 6.07) is 8.56. The summed E-state index contributed by atoms with van der Waals surface area (Å²) in [5.41, 5.74) is 1.06. The van der Waals surface area contributed by atoms with Gasteiger partial charge in [-0.05, 0) is 30.9 Å². The van der Waals surface area contributed by atoms with Gasteiger partial charge in [0.05, 0.1) is 16.0 Å². The Kier molecular flexibility index (Phi) is 5.37. The van der Waals surface area contributed by atoms with Crippen molar-refractivity contribution in [3.05, 3.63) is 29.3 Å². The summed E-state index contributed by atoms with van der Waals surface area (Å²) in [4.78, 5) is 16.7. The van der Waals surface area contributed by atoms with Gasteiger partial charge in [0.1, 0.15) is 5.01 Å². The summed E-state index contributed by atoms with van der Waals surface area (Å²) in [6.45, 7) is 2.25. The van der Waals surface area contributed by atoms with E-state index in [0.717, 1.165) is 22.7 Å². The van der Waals surface area contributed by atoms with Crippen molar-refractivity contribution in [3.8, 4) is 0 Å². The molecule has 1 heterocycles. The third kappa shape index (κ3) is 4.02. The molecule has 0 unspecified atom stereocenters. The third-order valence-electron chi connectivity index (χ3n) is 4.25. The molecule has 1 amide bonds. The zero-order valence-electron chi connectivity index (χ0n) is 12.9. The molecule has 22 heavy (non-hydrogen) atoms. The first kappa shape index (κ1) is 15.8. The number of carbonyl (C=O) groups is 1. The first-order chi connectivity index (χ1) is 10.7. The highest BCUT2D eigenvalue weighted by molar-refractivity contribution is 7.99. The Morgan fingerprint density at radius 1 is 1.36 bits per heavy atom. The van der Waals surface area contributed by atoms with Crippen molar-refractivity contribution in [1.82, 2.24) is 10.3 Å². The molecular formula is C17H22N2OS2. The van der Waals surface area contributed by atoms with Crippen LogP contribution in [0.25, 0.3) is 10.2 Å². The second kappa shape index (κ2) is 7.47. The minimum atomic E-state index is 0.171. The predicted molar refractivity (Wildman–Crippen MR) is 95.3 cm³/mol. The van der Waals surface area contributed by atoms with E-state index >= 15 is 0 Å². The van der Waals surface area contributed by atoms with Crippen molar-refractivity contribution >= 4 is 39.2 Å². The molecule has 5 heteroatoms. The van der Waals surface area contributed by atoms with Crippen molar-refractivity contribution in [2.75, 3.05) is 5.75 Å². The smallest absolute Gasteiger partial charge is 0.230 e. The molecule has 0 saturated heterocycles. The van der Waals surface area contributed by atoms with Crippen LogP contribution in [-0.2, 0) is 10.5 Å². The number of benzene rings is 1. The summed E-state index contributed by atoms with van der Waals surface area (Å²) >= 11 is 3.38. The number of rotatable bonds is 5. The van der Waals surface area contributed by atoms with Crippen LogP contribution in [0.15, 0.2) is 24.3 Å². The van der Waals surface area contributed by atoms with Crippen LogP contribution >= 0.6 is 23.1 Å². The van der Waals surface area contributed by atoms with Crippen molar-refractivity contribution < 1.29 is 4.79 Å². The highest BCUT2D eigenvalue weighted by Crippen LogP contribution is 2.25. The van der Waals surface area contributed by atoms with E-state index in [0.29, 0.717) is 17.7 Å². The topological polar surface area (TPSA) is 42.0 Å². The average molecular weight is 335 g/mol. The van der Waals surface area contributed by atoms with E-state index < -0.39 is 0 Å². The van der Waals surface area contributed by atoms with E-state index in [9.17, 15) is 4.79 Å².